The largest absolute Gasteiger partial charge is 0.416 e. The molecular formula is C20H17Cl2F3N2O. The van der Waals surface area contributed by atoms with Crippen molar-refractivity contribution in [1.29, 1.82) is 0 Å². The maximum absolute atomic E-state index is 12.9. The maximum Gasteiger partial charge on any atom is 0.416 e. The molecule has 0 aliphatic carbocycles. The van der Waals surface area contributed by atoms with Crippen molar-refractivity contribution in [3.8, 4) is 0 Å². The van der Waals surface area contributed by atoms with Gasteiger partial charge >= 0.3 is 6.18 Å². The van der Waals surface area contributed by atoms with E-state index < -0.39 is 11.7 Å². The second-order valence-corrected chi connectivity index (χ2v) is 7.14. The first-order valence-corrected chi connectivity index (χ1v) is 9.34. The second kappa shape index (κ2) is 8.45. The van der Waals surface area contributed by atoms with Crippen molar-refractivity contribution in [2.45, 2.75) is 6.18 Å². The van der Waals surface area contributed by atoms with Crippen LogP contribution in [0, 0.1) is 0 Å². The average Bonchev–Trinajstić information content (AvgIpc) is 2.67. The summed E-state index contributed by atoms with van der Waals surface area (Å²) in [6, 6.07) is 10.3. The zero-order valence-electron chi connectivity index (χ0n) is 14.7. The van der Waals surface area contributed by atoms with E-state index in [4.69, 9.17) is 23.2 Å². The summed E-state index contributed by atoms with van der Waals surface area (Å²) in [5, 5.41) is 0.900. The predicted molar refractivity (Wildman–Crippen MR) is 106 cm³/mol. The van der Waals surface area contributed by atoms with Crippen LogP contribution in [0.15, 0.2) is 48.5 Å². The molecule has 1 fully saturated rings. The minimum Gasteiger partial charge on any atom is -0.368 e. The molecule has 0 radical (unpaired) electrons. The van der Waals surface area contributed by atoms with Gasteiger partial charge in [-0.05, 0) is 36.4 Å². The first-order valence-electron chi connectivity index (χ1n) is 8.59. The third-order valence-electron chi connectivity index (χ3n) is 4.52. The van der Waals surface area contributed by atoms with Crippen molar-refractivity contribution in [2.24, 2.45) is 0 Å². The van der Waals surface area contributed by atoms with Crippen LogP contribution in [-0.2, 0) is 11.0 Å². The number of halogens is 5. The van der Waals surface area contributed by atoms with E-state index in [0.717, 1.165) is 12.1 Å². The molecule has 28 heavy (non-hydrogen) atoms. The Morgan fingerprint density at radius 1 is 0.964 bits per heavy atom. The molecule has 0 aromatic heterocycles. The van der Waals surface area contributed by atoms with E-state index in [1.807, 2.05) is 4.90 Å². The Morgan fingerprint density at radius 2 is 1.57 bits per heavy atom. The molecule has 0 bridgehead atoms. The van der Waals surface area contributed by atoms with Gasteiger partial charge in [-0.15, -0.1) is 0 Å². The van der Waals surface area contributed by atoms with Gasteiger partial charge in [0.15, 0.2) is 0 Å². The van der Waals surface area contributed by atoms with Gasteiger partial charge in [-0.25, -0.2) is 0 Å². The summed E-state index contributed by atoms with van der Waals surface area (Å²) in [5.74, 6) is -0.195. The molecule has 1 heterocycles. The molecule has 3 rings (SSSR count). The highest BCUT2D eigenvalue weighted by Crippen LogP contribution is 2.32. The average molecular weight is 429 g/mol. The quantitative estimate of drug-likeness (QED) is 0.613. The van der Waals surface area contributed by atoms with Crippen LogP contribution in [0.5, 0.6) is 0 Å². The van der Waals surface area contributed by atoms with E-state index in [1.165, 1.54) is 12.1 Å². The maximum atomic E-state index is 12.9. The van der Waals surface area contributed by atoms with Gasteiger partial charge in [0, 0.05) is 53.6 Å². The fourth-order valence-electron chi connectivity index (χ4n) is 2.99. The van der Waals surface area contributed by atoms with Gasteiger partial charge in [0.1, 0.15) is 0 Å². The summed E-state index contributed by atoms with van der Waals surface area (Å²) >= 11 is 12.2. The first-order chi connectivity index (χ1) is 13.3. The Bertz CT molecular complexity index is 871. The van der Waals surface area contributed by atoms with Crippen LogP contribution in [0.25, 0.3) is 6.08 Å². The number of amides is 1. The summed E-state index contributed by atoms with van der Waals surface area (Å²) in [6.45, 7) is 1.73. The summed E-state index contributed by atoms with van der Waals surface area (Å²) < 4.78 is 38.7. The molecule has 1 saturated heterocycles. The van der Waals surface area contributed by atoms with Crippen molar-refractivity contribution in [3.05, 3.63) is 69.7 Å². The number of carbonyl (C=O) groups is 1. The van der Waals surface area contributed by atoms with Crippen molar-refractivity contribution in [3.63, 3.8) is 0 Å². The van der Waals surface area contributed by atoms with Crippen LogP contribution in [0.2, 0.25) is 10.0 Å². The van der Waals surface area contributed by atoms with Crippen molar-refractivity contribution in [1.82, 2.24) is 4.90 Å². The number of rotatable bonds is 3. The van der Waals surface area contributed by atoms with Gasteiger partial charge in [-0.3, -0.25) is 4.79 Å². The Balaban J connectivity index is 1.62. The summed E-state index contributed by atoms with van der Waals surface area (Å²) in [4.78, 5) is 15.9. The second-order valence-electron chi connectivity index (χ2n) is 6.33. The van der Waals surface area contributed by atoms with Gasteiger partial charge in [-0.1, -0.05) is 35.3 Å². The number of carbonyl (C=O) groups excluding carboxylic acids is 1. The number of alkyl halides is 3. The van der Waals surface area contributed by atoms with Gasteiger partial charge in [0.25, 0.3) is 0 Å². The van der Waals surface area contributed by atoms with E-state index in [9.17, 15) is 18.0 Å². The van der Waals surface area contributed by atoms with Crippen LogP contribution >= 0.6 is 23.2 Å². The lowest BCUT2D eigenvalue weighted by atomic mass is 10.1. The van der Waals surface area contributed by atoms with Crippen LogP contribution in [0.1, 0.15) is 11.1 Å². The molecular weight excluding hydrogens is 412 g/mol. The van der Waals surface area contributed by atoms with E-state index >= 15 is 0 Å². The topological polar surface area (TPSA) is 23.6 Å². The van der Waals surface area contributed by atoms with Crippen molar-refractivity contribution < 1.29 is 18.0 Å². The Kier molecular flexibility index (Phi) is 6.20. The van der Waals surface area contributed by atoms with E-state index in [0.29, 0.717) is 47.5 Å². The molecule has 1 amide bonds. The lowest BCUT2D eigenvalue weighted by molar-refractivity contribution is -0.137. The fourth-order valence-corrected chi connectivity index (χ4v) is 3.52. The van der Waals surface area contributed by atoms with Crippen LogP contribution < -0.4 is 4.90 Å². The molecule has 2 aromatic rings. The zero-order valence-corrected chi connectivity index (χ0v) is 16.2. The molecule has 0 spiro atoms. The van der Waals surface area contributed by atoms with Crippen LogP contribution in [-0.4, -0.2) is 37.0 Å². The van der Waals surface area contributed by atoms with Gasteiger partial charge in [-0.2, -0.15) is 13.2 Å². The summed E-state index contributed by atoms with van der Waals surface area (Å²) in [6.07, 6.45) is -1.39. The van der Waals surface area contributed by atoms with E-state index in [-0.39, 0.29) is 5.91 Å². The normalized spacial score (nSPS) is 15.3. The third-order valence-corrected chi connectivity index (χ3v) is 5.18. The van der Waals surface area contributed by atoms with E-state index in [1.54, 1.807) is 35.2 Å². The van der Waals surface area contributed by atoms with Crippen molar-refractivity contribution >= 4 is 40.9 Å². The molecule has 1 aliphatic rings. The minimum atomic E-state index is -4.38. The van der Waals surface area contributed by atoms with Crippen LogP contribution in [0.4, 0.5) is 18.9 Å². The zero-order chi connectivity index (χ0) is 20.3. The molecule has 0 atom stereocenters. The molecule has 8 heteroatoms. The number of hydrogen-bond donors (Lipinski definition) is 0. The number of benzene rings is 2. The van der Waals surface area contributed by atoms with Crippen LogP contribution in [0.3, 0.4) is 0 Å². The molecule has 1 aliphatic heterocycles. The molecule has 0 saturated carbocycles. The van der Waals surface area contributed by atoms with Gasteiger partial charge in [0.2, 0.25) is 5.91 Å². The Labute approximate surface area is 170 Å². The number of anilines is 1. The Hall–Kier alpha value is -2.18. The number of nitrogens with zero attached hydrogens (tertiary/aromatic N) is 2. The number of piperazine rings is 1. The fraction of sp³-hybridized carbons (Fsp3) is 0.250. The third kappa shape index (κ3) is 4.80. The molecule has 2 aromatic carbocycles. The summed E-state index contributed by atoms with van der Waals surface area (Å²) in [7, 11) is 0. The number of hydrogen-bond acceptors (Lipinski definition) is 2. The van der Waals surface area contributed by atoms with Crippen molar-refractivity contribution in [2.75, 3.05) is 31.1 Å². The molecule has 3 nitrogen and oxygen atoms in total. The minimum absolute atomic E-state index is 0.195. The smallest absolute Gasteiger partial charge is 0.368 e. The monoisotopic (exact) mass is 428 g/mol. The lowest BCUT2D eigenvalue weighted by Gasteiger charge is -2.36. The SMILES string of the molecule is O=C(/C=C/c1c(Cl)cccc1Cl)N1CCN(c2cccc(C(F)(F)F)c2)CC1. The standard InChI is InChI=1S/C20H17Cl2F3N2O/c21-17-5-2-6-18(22)16(17)7-8-19(28)27-11-9-26(10-12-27)15-4-1-3-14(13-15)20(23,24)25/h1-8,13H,9-12H2/b8-7+. The summed E-state index contributed by atoms with van der Waals surface area (Å²) in [5.41, 5.74) is 0.394. The highest BCUT2D eigenvalue weighted by Gasteiger charge is 2.31. The molecule has 0 unspecified atom stereocenters. The first kappa shape index (κ1) is 20.6. The Morgan fingerprint density at radius 3 is 2.18 bits per heavy atom. The predicted octanol–water partition coefficient (Wildman–Crippen LogP) is 5.37. The highest BCUT2D eigenvalue weighted by molar-refractivity contribution is 6.37. The van der Waals surface area contributed by atoms with E-state index in [2.05, 4.69) is 0 Å². The highest BCUT2D eigenvalue weighted by atomic mass is 35.5. The lowest BCUT2D eigenvalue weighted by Crippen LogP contribution is -2.48. The van der Waals surface area contributed by atoms with Gasteiger partial charge in [0.05, 0.1) is 5.56 Å². The van der Waals surface area contributed by atoms with Gasteiger partial charge < -0.3 is 9.80 Å². The molecule has 0 N–H and O–H groups in total. The molecule has 148 valence electrons.